The summed E-state index contributed by atoms with van der Waals surface area (Å²) in [5, 5.41) is 7.50. The fraction of sp³-hybridized carbons (Fsp3) is 0.304. The van der Waals surface area contributed by atoms with Crippen LogP contribution < -0.4 is 5.56 Å². The Balaban J connectivity index is 1.57. The number of amides is 1. The van der Waals surface area contributed by atoms with Crippen LogP contribution in [0.15, 0.2) is 59.4 Å². The highest BCUT2D eigenvalue weighted by Gasteiger charge is 2.30. The number of ether oxygens (including phenoxy) is 1. The lowest BCUT2D eigenvalue weighted by Crippen LogP contribution is -2.40. The molecule has 0 radical (unpaired) electrons. The maximum atomic E-state index is 13.1. The van der Waals surface area contributed by atoms with Crippen LogP contribution in [0, 0.1) is 0 Å². The lowest BCUT2D eigenvalue weighted by Gasteiger charge is -2.30. The molecule has 1 aromatic heterocycles. The van der Waals surface area contributed by atoms with Crippen LogP contribution in [0.4, 0.5) is 0 Å². The van der Waals surface area contributed by atoms with Gasteiger partial charge >= 0.3 is 5.97 Å². The zero-order chi connectivity index (χ0) is 20.9. The normalized spacial score (nSPS) is 15.0. The zero-order valence-electron chi connectivity index (χ0n) is 16.5. The molecule has 0 saturated carbocycles. The third kappa shape index (κ3) is 4.25. The van der Waals surface area contributed by atoms with Gasteiger partial charge in [0.05, 0.1) is 17.5 Å². The quantitative estimate of drug-likeness (QED) is 0.659. The Morgan fingerprint density at radius 1 is 0.967 bits per heavy atom. The minimum Gasteiger partial charge on any atom is -0.447 e. The van der Waals surface area contributed by atoms with Gasteiger partial charge in [0.2, 0.25) is 6.10 Å². The molecule has 0 aliphatic carbocycles. The van der Waals surface area contributed by atoms with Crippen molar-refractivity contribution in [3.05, 3.63) is 76.2 Å². The van der Waals surface area contributed by atoms with Crippen molar-refractivity contribution >= 4 is 22.6 Å². The molecule has 1 atom stereocenters. The number of likely N-dealkylation sites (tertiary alicyclic amines) is 1. The number of nitrogens with one attached hydrogen (secondary N) is 1. The molecular weight excluding hydrogens is 382 g/mol. The summed E-state index contributed by atoms with van der Waals surface area (Å²) >= 11 is 0. The Hall–Kier alpha value is -3.48. The lowest BCUT2D eigenvalue weighted by molar-refractivity contribution is -0.161. The molecule has 1 amide bonds. The fourth-order valence-corrected chi connectivity index (χ4v) is 3.79. The summed E-state index contributed by atoms with van der Waals surface area (Å²) < 4.78 is 5.67. The number of benzene rings is 2. The van der Waals surface area contributed by atoms with Gasteiger partial charge in [-0.1, -0.05) is 48.5 Å². The number of aromatic nitrogens is 2. The van der Waals surface area contributed by atoms with Crippen LogP contribution in [-0.2, 0) is 20.7 Å². The second-order valence-electron chi connectivity index (χ2n) is 7.39. The predicted molar refractivity (Wildman–Crippen MR) is 112 cm³/mol. The van der Waals surface area contributed by atoms with E-state index in [9.17, 15) is 14.4 Å². The first-order chi connectivity index (χ1) is 14.6. The Bertz CT molecular complexity index is 1100. The van der Waals surface area contributed by atoms with E-state index in [1.807, 2.05) is 18.2 Å². The van der Waals surface area contributed by atoms with Gasteiger partial charge in [-0.3, -0.25) is 14.4 Å². The highest BCUT2D eigenvalue weighted by Crippen LogP contribution is 2.24. The highest BCUT2D eigenvalue weighted by atomic mass is 16.5. The first-order valence-electron chi connectivity index (χ1n) is 10.1. The van der Waals surface area contributed by atoms with E-state index in [-0.39, 0.29) is 17.9 Å². The third-order valence-electron chi connectivity index (χ3n) is 5.33. The van der Waals surface area contributed by atoms with E-state index in [1.54, 1.807) is 41.3 Å². The summed E-state index contributed by atoms with van der Waals surface area (Å²) in [5.74, 6) is -0.771. The number of rotatable bonds is 5. The number of H-pyrrole nitrogens is 1. The monoisotopic (exact) mass is 405 g/mol. The Labute approximate surface area is 173 Å². The summed E-state index contributed by atoms with van der Waals surface area (Å²) in [5.41, 5.74) is 0.735. The summed E-state index contributed by atoms with van der Waals surface area (Å²) in [6.07, 6.45) is 1.87. The summed E-state index contributed by atoms with van der Waals surface area (Å²) in [7, 11) is 0. The third-order valence-corrected chi connectivity index (χ3v) is 5.33. The maximum absolute atomic E-state index is 13.1. The Morgan fingerprint density at radius 3 is 2.37 bits per heavy atom. The van der Waals surface area contributed by atoms with E-state index in [0.29, 0.717) is 35.1 Å². The van der Waals surface area contributed by atoms with E-state index in [0.717, 1.165) is 19.3 Å². The van der Waals surface area contributed by atoms with E-state index in [2.05, 4.69) is 10.2 Å². The van der Waals surface area contributed by atoms with Gasteiger partial charge in [-0.15, -0.1) is 0 Å². The molecule has 154 valence electrons. The molecule has 3 aromatic rings. The van der Waals surface area contributed by atoms with Gasteiger partial charge in [-0.05, 0) is 25.3 Å². The standard InChI is InChI=1S/C23H23N3O4/c27-20(15-19-17-11-5-6-12-18(17)22(28)25-24-19)30-21(16-9-3-1-4-10-16)23(29)26-13-7-2-8-14-26/h1,3-6,9-12,21H,2,7-8,13-15H2,(H,25,28)/t21-/m1/s1. The highest BCUT2D eigenvalue weighted by molar-refractivity contribution is 5.89. The molecule has 30 heavy (non-hydrogen) atoms. The van der Waals surface area contributed by atoms with Gasteiger partial charge in [0, 0.05) is 24.0 Å². The first-order valence-corrected chi connectivity index (χ1v) is 10.1. The number of esters is 1. The number of aromatic amines is 1. The molecule has 1 aliphatic heterocycles. The number of fused-ring (bicyclic) bond motifs is 1. The Morgan fingerprint density at radius 2 is 1.63 bits per heavy atom. The van der Waals surface area contributed by atoms with Crippen molar-refractivity contribution < 1.29 is 14.3 Å². The van der Waals surface area contributed by atoms with E-state index in [1.165, 1.54) is 0 Å². The van der Waals surface area contributed by atoms with Crippen LogP contribution in [0.3, 0.4) is 0 Å². The number of piperidine rings is 1. The first kappa shape index (κ1) is 19.8. The van der Waals surface area contributed by atoms with Crippen molar-refractivity contribution in [1.82, 2.24) is 15.1 Å². The SMILES string of the molecule is O=C(Cc1n[nH]c(=O)c2ccccc12)O[C@@H](C(=O)N1CCCCC1)c1ccccc1. The van der Waals surface area contributed by atoms with Crippen molar-refractivity contribution in [3.8, 4) is 0 Å². The van der Waals surface area contributed by atoms with Crippen LogP contribution in [0.1, 0.15) is 36.6 Å². The molecule has 0 unspecified atom stereocenters. The topological polar surface area (TPSA) is 92.4 Å². The molecule has 0 spiro atoms. The fourth-order valence-electron chi connectivity index (χ4n) is 3.79. The van der Waals surface area contributed by atoms with Crippen molar-refractivity contribution in [1.29, 1.82) is 0 Å². The van der Waals surface area contributed by atoms with Gasteiger partial charge in [-0.2, -0.15) is 5.10 Å². The number of nitrogens with zero attached hydrogens (tertiary/aromatic N) is 2. The van der Waals surface area contributed by atoms with E-state index < -0.39 is 12.1 Å². The molecule has 2 heterocycles. The predicted octanol–water partition coefficient (Wildman–Crippen LogP) is 2.76. The molecule has 4 rings (SSSR count). The van der Waals surface area contributed by atoms with Crippen LogP contribution in [0.2, 0.25) is 0 Å². The second kappa shape index (κ2) is 8.90. The minimum atomic E-state index is -0.995. The van der Waals surface area contributed by atoms with Crippen LogP contribution in [0.25, 0.3) is 10.8 Å². The number of carbonyl (C=O) groups is 2. The summed E-state index contributed by atoms with van der Waals surface area (Å²) in [6, 6.07) is 16.0. The molecule has 7 heteroatoms. The smallest absolute Gasteiger partial charge is 0.313 e. The molecule has 1 aliphatic rings. The molecule has 2 aromatic carbocycles. The van der Waals surface area contributed by atoms with Gasteiger partial charge in [-0.25, -0.2) is 5.10 Å². The number of hydrogen-bond donors (Lipinski definition) is 1. The van der Waals surface area contributed by atoms with Crippen molar-refractivity contribution in [2.45, 2.75) is 31.8 Å². The van der Waals surface area contributed by atoms with Gasteiger partial charge < -0.3 is 9.64 Å². The Kier molecular flexibility index (Phi) is 5.88. The minimum absolute atomic E-state index is 0.145. The number of carbonyl (C=O) groups excluding carboxylic acids is 2. The van der Waals surface area contributed by atoms with Crippen LogP contribution >= 0.6 is 0 Å². The van der Waals surface area contributed by atoms with Gasteiger partial charge in [0.25, 0.3) is 11.5 Å². The molecular formula is C23H23N3O4. The maximum Gasteiger partial charge on any atom is 0.313 e. The molecule has 1 fully saturated rings. The van der Waals surface area contributed by atoms with Crippen LogP contribution in [0.5, 0.6) is 0 Å². The molecule has 0 bridgehead atoms. The van der Waals surface area contributed by atoms with Crippen molar-refractivity contribution in [3.63, 3.8) is 0 Å². The molecule has 1 saturated heterocycles. The summed E-state index contributed by atoms with van der Waals surface area (Å²) in [4.78, 5) is 39.6. The van der Waals surface area contributed by atoms with Crippen molar-refractivity contribution in [2.75, 3.05) is 13.1 Å². The largest absolute Gasteiger partial charge is 0.447 e. The number of hydrogen-bond acceptors (Lipinski definition) is 5. The molecule has 7 nitrogen and oxygen atoms in total. The van der Waals surface area contributed by atoms with Gasteiger partial charge in [0.15, 0.2) is 0 Å². The van der Waals surface area contributed by atoms with Crippen molar-refractivity contribution in [2.24, 2.45) is 0 Å². The second-order valence-corrected chi connectivity index (χ2v) is 7.39. The molecule has 1 N–H and O–H groups in total. The van der Waals surface area contributed by atoms with E-state index in [4.69, 9.17) is 4.74 Å². The van der Waals surface area contributed by atoms with E-state index >= 15 is 0 Å². The summed E-state index contributed by atoms with van der Waals surface area (Å²) in [6.45, 7) is 1.34. The van der Waals surface area contributed by atoms with Crippen LogP contribution in [-0.4, -0.2) is 40.1 Å². The average Bonchev–Trinajstić information content (AvgIpc) is 2.80. The lowest BCUT2D eigenvalue weighted by atomic mass is 10.1. The zero-order valence-corrected chi connectivity index (χ0v) is 16.5. The van der Waals surface area contributed by atoms with Gasteiger partial charge in [0.1, 0.15) is 0 Å². The average molecular weight is 405 g/mol.